The molecule has 0 saturated heterocycles. The van der Waals surface area contributed by atoms with Crippen molar-refractivity contribution in [3.63, 3.8) is 0 Å². The highest BCUT2D eigenvalue weighted by molar-refractivity contribution is 5.18. The van der Waals surface area contributed by atoms with Gasteiger partial charge in [0.2, 0.25) is 0 Å². The normalized spacial score (nSPS) is 12.8. The van der Waals surface area contributed by atoms with Crippen LogP contribution >= 0.6 is 0 Å². The van der Waals surface area contributed by atoms with E-state index < -0.39 is 0 Å². The van der Waals surface area contributed by atoms with Gasteiger partial charge in [0.05, 0.1) is 0 Å². The first-order chi connectivity index (χ1) is 9.27. The van der Waals surface area contributed by atoms with Crippen molar-refractivity contribution in [2.24, 2.45) is 0 Å². The van der Waals surface area contributed by atoms with E-state index in [1.54, 1.807) is 0 Å². The molecule has 108 valence electrons. The number of hydrogen-bond acceptors (Lipinski definition) is 3. The summed E-state index contributed by atoms with van der Waals surface area (Å²) in [5, 5.41) is 12.1. The lowest BCUT2D eigenvalue weighted by Gasteiger charge is -2.21. The predicted octanol–water partition coefficient (Wildman–Crippen LogP) is 2.43. The fourth-order valence-corrected chi connectivity index (χ4v) is 2.29. The van der Waals surface area contributed by atoms with Crippen LogP contribution in [0.15, 0.2) is 30.3 Å². The molecule has 0 bridgehead atoms. The Morgan fingerprint density at radius 2 is 1.84 bits per heavy atom. The van der Waals surface area contributed by atoms with Crippen LogP contribution in [-0.2, 0) is 0 Å². The number of hydrogen-bond donors (Lipinski definition) is 2. The topological polar surface area (TPSA) is 35.5 Å². The summed E-state index contributed by atoms with van der Waals surface area (Å²) in [4.78, 5) is 2.38. The Bertz CT molecular complexity index is 316. The zero-order valence-electron chi connectivity index (χ0n) is 12.3. The molecule has 1 atom stereocenters. The summed E-state index contributed by atoms with van der Waals surface area (Å²) in [7, 11) is 4.20. The Morgan fingerprint density at radius 3 is 2.47 bits per heavy atom. The highest BCUT2D eigenvalue weighted by Crippen LogP contribution is 2.16. The third-order valence-corrected chi connectivity index (χ3v) is 3.55. The zero-order valence-corrected chi connectivity index (χ0v) is 12.3. The molecule has 2 N–H and O–H groups in total. The molecule has 0 aliphatic heterocycles. The Kier molecular flexibility index (Phi) is 8.47. The van der Waals surface area contributed by atoms with Gasteiger partial charge in [-0.15, -0.1) is 0 Å². The van der Waals surface area contributed by atoms with Gasteiger partial charge in [-0.25, -0.2) is 0 Å². The fraction of sp³-hybridized carbons (Fsp3) is 0.625. The third kappa shape index (κ3) is 6.71. The van der Waals surface area contributed by atoms with Gasteiger partial charge in [-0.3, -0.25) is 0 Å². The van der Waals surface area contributed by atoms with Crippen LogP contribution in [-0.4, -0.2) is 43.8 Å². The van der Waals surface area contributed by atoms with Gasteiger partial charge >= 0.3 is 0 Å². The van der Waals surface area contributed by atoms with E-state index in [0.29, 0.717) is 12.6 Å². The second kappa shape index (κ2) is 9.96. The predicted molar refractivity (Wildman–Crippen MR) is 81.3 cm³/mol. The molecule has 1 rings (SSSR count). The van der Waals surface area contributed by atoms with Gasteiger partial charge < -0.3 is 15.3 Å². The van der Waals surface area contributed by atoms with Crippen molar-refractivity contribution in [2.75, 3.05) is 33.8 Å². The average molecular weight is 264 g/mol. The summed E-state index contributed by atoms with van der Waals surface area (Å²) < 4.78 is 0. The monoisotopic (exact) mass is 264 g/mol. The summed E-state index contributed by atoms with van der Waals surface area (Å²) in [5.41, 5.74) is 1.36. The molecule has 3 nitrogen and oxygen atoms in total. The van der Waals surface area contributed by atoms with Crippen LogP contribution in [0.4, 0.5) is 0 Å². The summed E-state index contributed by atoms with van der Waals surface area (Å²) in [6, 6.07) is 11.0. The van der Waals surface area contributed by atoms with E-state index in [1.807, 2.05) is 7.05 Å². The molecule has 0 aliphatic rings. The minimum Gasteiger partial charge on any atom is -0.396 e. The molecule has 0 aromatic heterocycles. The van der Waals surface area contributed by atoms with Crippen LogP contribution in [0, 0.1) is 0 Å². The van der Waals surface area contributed by atoms with Crippen molar-refractivity contribution in [3.8, 4) is 0 Å². The summed E-state index contributed by atoms with van der Waals surface area (Å²) >= 11 is 0. The van der Waals surface area contributed by atoms with Gasteiger partial charge in [0, 0.05) is 12.6 Å². The molecule has 0 amide bonds. The molecular formula is C16H28N2O. The van der Waals surface area contributed by atoms with Gasteiger partial charge in [0.1, 0.15) is 0 Å². The molecule has 0 heterocycles. The molecule has 0 spiro atoms. The number of rotatable bonds is 10. The minimum atomic E-state index is 0.319. The Hall–Kier alpha value is -0.900. The first-order valence-corrected chi connectivity index (χ1v) is 7.29. The molecule has 19 heavy (non-hydrogen) atoms. The van der Waals surface area contributed by atoms with Gasteiger partial charge in [0.15, 0.2) is 0 Å². The number of aliphatic hydroxyl groups excluding tert-OH is 1. The van der Waals surface area contributed by atoms with Crippen LogP contribution < -0.4 is 5.32 Å². The Labute approximate surface area is 117 Å². The van der Waals surface area contributed by atoms with Gasteiger partial charge in [0.25, 0.3) is 0 Å². The average Bonchev–Trinajstić information content (AvgIpc) is 2.45. The van der Waals surface area contributed by atoms with E-state index in [0.717, 1.165) is 32.4 Å². The summed E-state index contributed by atoms with van der Waals surface area (Å²) in [6.07, 6.45) is 4.34. The van der Waals surface area contributed by atoms with E-state index in [1.165, 1.54) is 12.0 Å². The molecule has 1 aromatic carbocycles. The van der Waals surface area contributed by atoms with Crippen molar-refractivity contribution < 1.29 is 5.11 Å². The maximum atomic E-state index is 8.74. The lowest BCUT2D eigenvalue weighted by Crippen LogP contribution is -2.26. The maximum absolute atomic E-state index is 8.74. The molecular weight excluding hydrogens is 236 g/mol. The highest BCUT2D eigenvalue weighted by atomic mass is 16.2. The van der Waals surface area contributed by atoms with E-state index in [4.69, 9.17) is 5.11 Å². The number of nitrogens with zero attached hydrogens (tertiary/aromatic N) is 1. The molecule has 3 heteroatoms. The molecule has 0 radical (unpaired) electrons. The van der Waals surface area contributed by atoms with Gasteiger partial charge in [-0.05, 0) is 58.4 Å². The van der Waals surface area contributed by atoms with E-state index in [-0.39, 0.29) is 0 Å². The van der Waals surface area contributed by atoms with Crippen LogP contribution in [0.3, 0.4) is 0 Å². The van der Waals surface area contributed by atoms with Crippen molar-refractivity contribution in [1.82, 2.24) is 10.2 Å². The fourth-order valence-electron chi connectivity index (χ4n) is 2.29. The van der Waals surface area contributed by atoms with Gasteiger partial charge in [-0.1, -0.05) is 30.3 Å². The van der Waals surface area contributed by atoms with Crippen LogP contribution in [0.5, 0.6) is 0 Å². The quantitative estimate of drug-likeness (QED) is 0.637. The molecule has 1 aromatic rings. The Balaban J connectivity index is 2.25. The number of aliphatic hydroxyl groups is 1. The number of nitrogens with one attached hydrogen (secondary N) is 1. The largest absolute Gasteiger partial charge is 0.396 e. The zero-order chi connectivity index (χ0) is 13.9. The van der Waals surface area contributed by atoms with Crippen molar-refractivity contribution in [3.05, 3.63) is 35.9 Å². The van der Waals surface area contributed by atoms with Crippen molar-refractivity contribution in [2.45, 2.75) is 31.7 Å². The van der Waals surface area contributed by atoms with E-state index >= 15 is 0 Å². The first kappa shape index (κ1) is 16.2. The number of benzene rings is 1. The Morgan fingerprint density at radius 1 is 1.11 bits per heavy atom. The van der Waals surface area contributed by atoms with Crippen molar-refractivity contribution >= 4 is 0 Å². The van der Waals surface area contributed by atoms with Crippen LogP contribution in [0.25, 0.3) is 0 Å². The van der Waals surface area contributed by atoms with Crippen LogP contribution in [0.1, 0.15) is 37.3 Å². The molecule has 0 fully saturated rings. The standard InChI is InChI=1S/C16H28N2O/c1-17-16(15-9-5-3-6-10-15)11-13-18(2)12-7-4-8-14-19/h3,5-6,9-10,16-17,19H,4,7-8,11-14H2,1-2H3. The molecule has 0 aliphatic carbocycles. The maximum Gasteiger partial charge on any atom is 0.0431 e. The smallest absolute Gasteiger partial charge is 0.0431 e. The molecule has 1 unspecified atom stereocenters. The second-order valence-corrected chi connectivity index (χ2v) is 5.13. The van der Waals surface area contributed by atoms with Gasteiger partial charge in [-0.2, -0.15) is 0 Å². The SMILES string of the molecule is CNC(CCN(C)CCCCCO)c1ccccc1. The van der Waals surface area contributed by atoms with E-state index in [9.17, 15) is 0 Å². The minimum absolute atomic E-state index is 0.319. The summed E-state index contributed by atoms with van der Waals surface area (Å²) in [6.45, 7) is 2.53. The number of unbranched alkanes of at least 4 members (excludes halogenated alkanes) is 2. The lowest BCUT2D eigenvalue weighted by molar-refractivity contribution is 0.269. The third-order valence-electron chi connectivity index (χ3n) is 3.55. The van der Waals surface area contributed by atoms with E-state index in [2.05, 4.69) is 47.6 Å². The second-order valence-electron chi connectivity index (χ2n) is 5.13. The lowest BCUT2D eigenvalue weighted by atomic mass is 10.0. The summed E-state index contributed by atoms with van der Waals surface area (Å²) in [5.74, 6) is 0. The first-order valence-electron chi connectivity index (χ1n) is 7.29. The van der Waals surface area contributed by atoms with Crippen molar-refractivity contribution in [1.29, 1.82) is 0 Å². The molecule has 0 saturated carbocycles. The highest BCUT2D eigenvalue weighted by Gasteiger charge is 2.09. The van der Waals surface area contributed by atoms with Crippen LogP contribution in [0.2, 0.25) is 0 Å².